The van der Waals surface area contributed by atoms with Crippen LogP contribution in [0.1, 0.15) is 49.0 Å². The molecule has 1 fully saturated rings. The van der Waals surface area contributed by atoms with Crippen LogP contribution < -0.4 is 20.1 Å². The molecule has 2 N–H and O–H groups in total. The maximum Gasteiger partial charge on any atom is 0.143 e. The fourth-order valence-corrected chi connectivity index (χ4v) is 3.79. The van der Waals surface area contributed by atoms with E-state index in [-0.39, 0.29) is 11.8 Å². The molecular formula is C21H27N5O3. The van der Waals surface area contributed by atoms with E-state index in [1.165, 1.54) is 6.92 Å². The monoisotopic (exact) mass is 397 g/mol. The molecule has 8 heteroatoms. The number of Topliss-reactive ketones (excluding diaryl/α,β-unsaturated/α-hetero) is 1. The van der Waals surface area contributed by atoms with Crippen LogP contribution in [0, 0.1) is 11.3 Å². The van der Waals surface area contributed by atoms with E-state index in [9.17, 15) is 10.1 Å². The molecule has 1 aromatic heterocycles. The number of nitrogens with one attached hydrogen (secondary N) is 2. The molecule has 0 saturated carbocycles. The number of ketones is 1. The van der Waals surface area contributed by atoms with Crippen LogP contribution in [-0.4, -0.2) is 49.4 Å². The fraction of sp³-hybridized carbons (Fsp3) is 0.476. The van der Waals surface area contributed by atoms with Gasteiger partial charge in [0, 0.05) is 19.2 Å². The van der Waals surface area contributed by atoms with Crippen LogP contribution in [-0.2, 0) is 4.79 Å². The SMILES string of the molecule is CCNc1c(C#N)c(C(C(C)=O)c2cc(OC)cc(OC)c2)nn1C1CCNC1. The molecule has 0 bridgehead atoms. The first-order valence-electron chi connectivity index (χ1n) is 9.74. The molecule has 1 aliphatic rings. The summed E-state index contributed by atoms with van der Waals surface area (Å²) in [5.74, 6) is 1.03. The van der Waals surface area contributed by atoms with E-state index in [4.69, 9.17) is 14.6 Å². The Balaban J connectivity index is 2.19. The highest BCUT2D eigenvalue weighted by Crippen LogP contribution is 2.36. The molecule has 0 radical (unpaired) electrons. The lowest BCUT2D eigenvalue weighted by Crippen LogP contribution is -2.18. The molecule has 2 aromatic rings. The Labute approximate surface area is 170 Å². The van der Waals surface area contributed by atoms with Crippen LogP contribution >= 0.6 is 0 Å². The van der Waals surface area contributed by atoms with Gasteiger partial charge in [-0.3, -0.25) is 4.79 Å². The lowest BCUT2D eigenvalue weighted by Gasteiger charge is -2.15. The fourth-order valence-electron chi connectivity index (χ4n) is 3.79. The second kappa shape index (κ2) is 8.97. The number of ether oxygens (including phenoxy) is 2. The number of nitriles is 1. The molecule has 1 aliphatic heterocycles. The molecule has 0 spiro atoms. The maximum absolute atomic E-state index is 12.7. The summed E-state index contributed by atoms with van der Waals surface area (Å²) in [6, 6.07) is 7.74. The minimum Gasteiger partial charge on any atom is -0.497 e. The number of carbonyl (C=O) groups is 1. The van der Waals surface area contributed by atoms with Crippen LogP contribution in [0.25, 0.3) is 0 Å². The summed E-state index contributed by atoms with van der Waals surface area (Å²) in [6.45, 7) is 5.82. The van der Waals surface area contributed by atoms with E-state index in [1.54, 1.807) is 32.4 Å². The van der Waals surface area contributed by atoms with Crippen LogP contribution in [0.5, 0.6) is 11.5 Å². The number of carbonyl (C=O) groups excluding carboxylic acids is 1. The third kappa shape index (κ3) is 4.05. The Morgan fingerprint density at radius 2 is 2.07 bits per heavy atom. The standard InChI is InChI=1S/C21H27N5O3/c1-5-24-21-18(11-22)20(25-26(21)15-6-7-23-12-15)19(13(2)27)14-8-16(28-3)10-17(9-14)29-4/h8-10,15,19,23-24H,5-7,12H2,1-4H3. The molecule has 0 amide bonds. The zero-order valence-electron chi connectivity index (χ0n) is 17.3. The summed E-state index contributed by atoms with van der Waals surface area (Å²) in [5.41, 5.74) is 1.54. The molecule has 2 unspecified atom stereocenters. The summed E-state index contributed by atoms with van der Waals surface area (Å²) in [7, 11) is 3.13. The first kappa shape index (κ1) is 20.7. The predicted molar refractivity (Wildman–Crippen MR) is 110 cm³/mol. The summed E-state index contributed by atoms with van der Waals surface area (Å²) in [6.07, 6.45) is 0.919. The number of nitrogens with zero attached hydrogens (tertiary/aromatic N) is 3. The van der Waals surface area contributed by atoms with E-state index < -0.39 is 5.92 Å². The van der Waals surface area contributed by atoms with E-state index in [0.717, 1.165) is 19.5 Å². The minimum atomic E-state index is -0.693. The second-order valence-corrected chi connectivity index (χ2v) is 7.03. The van der Waals surface area contributed by atoms with E-state index >= 15 is 0 Å². The number of methoxy groups -OCH3 is 2. The van der Waals surface area contributed by atoms with Crippen molar-refractivity contribution in [1.29, 1.82) is 5.26 Å². The lowest BCUT2D eigenvalue weighted by molar-refractivity contribution is -0.117. The highest BCUT2D eigenvalue weighted by molar-refractivity contribution is 5.88. The normalized spacial score (nSPS) is 16.9. The zero-order chi connectivity index (χ0) is 21.0. The number of anilines is 1. The smallest absolute Gasteiger partial charge is 0.143 e. The minimum absolute atomic E-state index is 0.103. The molecular weight excluding hydrogens is 370 g/mol. The van der Waals surface area contributed by atoms with Gasteiger partial charge in [0.05, 0.1) is 31.9 Å². The first-order valence-corrected chi connectivity index (χ1v) is 9.74. The Hall–Kier alpha value is -3.05. The molecule has 1 saturated heterocycles. The van der Waals surface area contributed by atoms with Gasteiger partial charge in [-0.1, -0.05) is 0 Å². The third-order valence-electron chi connectivity index (χ3n) is 5.16. The Morgan fingerprint density at radius 1 is 1.38 bits per heavy atom. The van der Waals surface area contributed by atoms with E-state index in [0.29, 0.717) is 40.7 Å². The van der Waals surface area contributed by atoms with Crippen molar-refractivity contribution in [2.24, 2.45) is 0 Å². The molecule has 1 aromatic carbocycles. The zero-order valence-corrected chi connectivity index (χ0v) is 17.3. The van der Waals surface area contributed by atoms with Gasteiger partial charge in [-0.05, 0) is 44.5 Å². The first-order chi connectivity index (χ1) is 14.0. The third-order valence-corrected chi connectivity index (χ3v) is 5.16. The average Bonchev–Trinajstić information content (AvgIpc) is 3.36. The average molecular weight is 397 g/mol. The summed E-state index contributed by atoms with van der Waals surface area (Å²) >= 11 is 0. The molecule has 2 atom stereocenters. The topological polar surface area (TPSA) is 101 Å². The van der Waals surface area contributed by atoms with Crippen molar-refractivity contribution in [3.63, 3.8) is 0 Å². The quantitative estimate of drug-likeness (QED) is 0.705. The van der Waals surface area contributed by atoms with Gasteiger partial charge < -0.3 is 20.1 Å². The van der Waals surface area contributed by atoms with Crippen molar-refractivity contribution in [3.8, 4) is 17.6 Å². The van der Waals surface area contributed by atoms with Gasteiger partial charge in [-0.25, -0.2) is 4.68 Å². The Kier molecular flexibility index (Phi) is 6.39. The van der Waals surface area contributed by atoms with Crippen molar-refractivity contribution < 1.29 is 14.3 Å². The molecule has 0 aliphatic carbocycles. The van der Waals surface area contributed by atoms with Crippen molar-refractivity contribution in [2.45, 2.75) is 32.2 Å². The van der Waals surface area contributed by atoms with E-state index in [2.05, 4.69) is 16.7 Å². The maximum atomic E-state index is 12.7. The molecule has 29 heavy (non-hydrogen) atoms. The Bertz CT molecular complexity index is 903. The molecule has 3 rings (SSSR count). The lowest BCUT2D eigenvalue weighted by atomic mass is 9.89. The van der Waals surface area contributed by atoms with Crippen LogP contribution in [0.4, 0.5) is 5.82 Å². The number of benzene rings is 1. The Morgan fingerprint density at radius 3 is 2.55 bits per heavy atom. The van der Waals surface area contributed by atoms with E-state index in [1.807, 2.05) is 11.6 Å². The highest BCUT2D eigenvalue weighted by atomic mass is 16.5. The van der Waals surface area contributed by atoms with Gasteiger partial charge in [0.25, 0.3) is 0 Å². The van der Waals surface area contributed by atoms with Gasteiger partial charge in [-0.15, -0.1) is 0 Å². The molecule has 2 heterocycles. The highest BCUT2D eigenvalue weighted by Gasteiger charge is 2.32. The van der Waals surface area contributed by atoms with Gasteiger partial charge >= 0.3 is 0 Å². The summed E-state index contributed by atoms with van der Waals surface area (Å²) in [4.78, 5) is 12.7. The van der Waals surface area contributed by atoms with Crippen molar-refractivity contribution in [1.82, 2.24) is 15.1 Å². The largest absolute Gasteiger partial charge is 0.497 e. The predicted octanol–water partition coefficient (Wildman–Crippen LogP) is 2.46. The number of rotatable bonds is 8. The van der Waals surface area contributed by atoms with Gasteiger partial charge in [-0.2, -0.15) is 10.4 Å². The van der Waals surface area contributed by atoms with Crippen LogP contribution in [0.15, 0.2) is 18.2 Å². The van der Waals surface area contributed by atoms with Gasteiger partial charge in [0.1, 0.15) is 34.7 Å². The van der Waals surface area contributed by atoms with Gasteiger partial charge in [0.2, 0.25) is 0 Å². The van der Waals surface area contributed by atoms with Crippen molar-refractivity contribution >= 4 is 11.6 Å². The number of aromatic nitrogens is 2. The molecule has 8 nitrogen and oxygen atoms in total. The molecule has 154 valence electrons. The van der Waals surface area contributed by atoms with Crippen molar-refractivity contribution in [3.05, 3.63) is 35.0 Å². The second-order valence-electron chi connectivity index (χ2n) is 7.03. The van der Waals surface area contributed by atoms with Crippen molar-refractivity contribution in [2.75, 3.05) is 39.2 Å². The van der Waals surface area contributed by atoms with Gasteiger partial charge in [0.15, 0.2) is 0 Å². The van der Waals surface area contributed by atoms with Crippen LogP contribution in [0.2, 0.25) is 0 Å². The number of hydrogen-bond acceptors (Lipinski definition) is 7. The summed E-state index contributed by atoms with van der Waals surface area (Å²) in [5, 5.41) is 21.3. The summed E-state index contributed by atoms with van der Waals surface area (Å²) < 4.78 is 12.6. The number of hydrogen-bond donors (Lipinski definition) is 2. The van der Waals surface area contributed by atoms with Crippen LogP contribution in [0.3, 0.4) is 0 Å².